The Bertz CT molecular complexity index is 3030. The van der Waals surface area contributed by atoms with Gasteiger partial charge in [-0.05, 0) is 47.5 Å². The average Bonchev–Trinajstić information content (AvgIpc) is 3.56. The van der Waals surface area contributed by atoms with E-state index >= 15 is 0 Å². The molecule has 0 radical (unpaired) electrons. The molecular weight excluding hydrogens is 685 g/mol. The van der Waals surface area contributed by atoms with Gasteiger partial charge in [0.25, 0.3) is 0 Å². The van der Waals surface area contributed by atoms with Gasteiger partial charge in [0.05, 0.1) is 22.4 Å². The van der Waals surface area contributed by atoms with Crippen LogP contribution in [-0.4, -0.2) is 24.5 Å². The molecule has 56 heavy (non-hydrogen) atoms. The summed E-state index contributed by atoms with van der Waals surface area (Å²) < 4.78 is 2.39. The Kier molecular flexibility index (Phi) is 7.38. The van der Waals surface area contributed by atoms with Crippen molar-refractivity contribution in [1.29, 1.82) is 0 Å². The molecule has 1 aliphatic rings. The number of fused-ring (bicyclic) bond motifs is 9. The van der Waals surface area contributed by atoms with Crippen LogP contribution in [-0.2, 0) is 0 Å². The van der Waals surface area contributed by atoms with E-state index in [0.717, 1.165) is 66.8 Å². The molecule has 0 aliphatic carbocycles. The van der Waals surface area contributed by atoms with Crippen LogP contribution in [0.1, 0.15) is 0 Å². The summed E-state index contributed by atoms with van der Waals surface area (Å²) in [4.78, 5) is 22.2. The standard InChI is InChI=1S/C50H32N6/c1-4-15-33(16-5-1)48-52-49(34-17-6-2-7-18-34)54-50(53-48)35-19-14-22-37(31-35)56-45-29-30-51-32-43(45)42-28-27-41-39-24-11-10-23-38(39)40-25-12-13-26-44(40)55(46(41)47(42)56)36-20-8-3-9-21-36/h1-32H. The Labute approximate surface area is 323 Å². The molecule has 1 aliphatic heterocycles. The van der Waals surface area contributed by atoms with Gasteiger partial charge >= 0.3 is 0 Å². The zero-order valence-electron chi connectivity index (χ0n) is 30.2. The van der Waals surface area contributed by atoms with Gasteiger partial charge in [0.1, 0.15) is 0 Å². The number of pyridine rings is 1. The summed E-state index contributed by atoms with van der Waals surface area (Å²) in [6.07, 6.45) is 3.87. The smallest absolute Gasteiger partial charge is 0.164 e. The fraction of sp³-hybridized carbons (Fsp3) is 0. The summed E-state index contributed by atoms with van der Waals surface area (Å²) in [6.45, 7) is 0. The molecule has 6 nitrogen and oxygen atoms in total. The zero-order valence-corrected chi connectivity index (χ0v) is 30.2. The third kappa shape index (κ3) is 5.11. The minimum atomic E-state index is 0.606. The van der Waals surface area contributed by atoms with Crippen LogP contribution in [0, 0.1) is 0 Å². The van der Waals surface area contributed by atoms with Crippen molar-refractivity contribution >= 4 is 38.9 Å². The average molecular weight is 717 g/mol. The van der Waals surface area contributed by atoms with E-state index in [-0.39, 0.29) is 0 Å². The van der Waals surface area contributed by atoms with Crippen molar-refractivity contribution in [2.24, 2.45) is 0 Å². The molecular formula is C50H32N6. The minimum absolute atomic E-state index is 0.606. The lowest BCUT2D eigenvalue weighted by Crippen LogP contribution is -2.12. The van der Waals surface area contributed by atoms with Gasteiger partial charge in [-0.3, -0.25) is 4.98 Å². The first-order valence-electron chi connectivity index (χ1n) is 18.7. The van der Waals surface area contributed by atoms with Crippen molar-refractivity contribution < 1.29 is 0 Å². The summed E-state index contributed by atoms with van der Waals surface area (Å²) in [7, 11) is 0. The van der Waals surface area contributed by atoms with Crippen LogP contribution in [0.3, 0.4) is 0 Å². The fourth-order valence-electron chi connectivity index (χ4n) is 8.18. The summed E-state index contributed by atoms with van der Waals surface area (Å²) >= 11 is 0. The first kappa shape index (κ1) is 31.8. The highest BCUT2D eigenvalue weighted by Gasteiger charge is 2.30. The molecule has 4 heterocycles. The Morgan fingerprint density at radius 2 is 0.946 bits per heavy atom. The second-order valence-corrected chi connectivity index (χ2v) is 13.9. The molecule has 0 unspecified atom stereocenters. The van der Waals surface area contributed by atoms with Crippen molar-refractivity contribution in [2.45, 2.75) is 0 Å². The molecule has 6 heteroatoms. The van der Waals surface area contributed by atoms with Crippen LogP contribution in [0.25, 0.3) is 83.9 Å². The van der Waals surface area contributed by atoms with Crippen LogP contribution in [0.2, 0.25) is 0 Å². The van der Waals surface area contributed by atoms with Crippen LogP contribution < -0.4 is 4.90 Å². The van der Waals surface area contributed by atoms with Crippen LogP contribution >= 0.6 is 0 Å². The van der Waals surface area contributed by atoms with Gasteiger partial charge in [-0.25, -0.2) is 15.0 Å². The van der Waals surface area contributed by atoms with E-state index in [4.69, 9.17) is 15.0 Å². The Hall–Kier alpha value is -7.70. The number of aromatic nitrogens is 5. The van der Waals surface area contributed by atoms with E-state index in [0.29, 0.717) is 17.5 Å². The highest BCUT2D eigenvalue weighted by atomic mass is 15.2. The SMILES string of the molecule is c1ccc(-c2nc(-c3ccccc3)nc(-c3cccc(-n4c5ccncc5c5ccc6c(c54)N(c4ccccc4)c4ccccc4-c4ccccc4-6)c3)n2)cc1. The van der Waals surface area contributed by atoms with Crippen molar-refractivity contribution in [3.05, 3.63) is 194 Å². The number of hydrogen-bond donors (Lipinski definition) is 0. The summed E-state index contributed by atoms with van der Waals surface area (Å²) in [5.41, 5.74) is 13.9. The minimum Gasteiger partial charge on any atom is -0.307 e. The van der Waals surface area contributed by atoms with Gasteiger partial charge in [-0.2, -0.15) is 0 Å². The highest BCUT2D eigenvalue weighted by molar-refractivity contribution is 6.19. The highest BCUT2D eigenvalue weighted by Crippen LogP contribution is 2.54. The lowest BCUT2D eigenvalue weighted by Gasteiger charge is -2.28. The molecule has 0 N–H and O–H groups in total. The summed E-state index contributed by atoms with van der Waals surface area (Å²) in [5.74, 6) is 1.86. The Morgan fingerprint density at radius 3 is 1.64 bits per heavy atom. The zero-order chi connectivity index (χ0) is 37.0. The number of hydrogen-bond acceptors (Lipinski definition) is 5. The van der Waals surface area contributed by atoms with E-state index < -0.39 is 0 Å². The molecule has 10 aromatic rings. The van der Waals surface area contributed by atoms with Gasteiger partial charge in [0.15, 0.2) is 17.5 Å². The molecule has 7 aromatic carbocycles. The molecule has 3 aromatic heterocycles. The maximum Gasteiger partial charge on any atom is 0.164 e. The van der Waals surface area contributed by atoms with Crippen molar-refractivity contribution in [2.75, 3.05) is 4.90 Å². The van der Waals surface area contributed by atoms with Crippen LogP contribution in [0.4, 0.5) is 17.1 Å². The van der Waals surface area contributed by atoms with Gasteiger partial charge in [0.2, 0.25) is 0 Å². The molecule has 262 valence electrons. The van der Waals surface area contributed by atoms with Gasteiger partial charge in [-0.1, -0.05) is 146 Å². The molecule has 11 rings (SSSR count). The summed E-state index contributed by atoms with van der Waals surface area (Å²) in [5, 5.41) is 2.19. The molecule has 0 atom stereocenters. The van der Waals surface area contributed by atoms with Gasteiger partial charge < -0.3 is 9.47 Å². The second kappa shape index (κ2) is 13.0. The van der Waals surface area contributed by atoms with Gasteiger partial charge in [-0.15, -0.1) is 0 Å². The molecule has 0 saturated heterocycles. The monoisotopic (exact) mass is 716 g/mol. The number of anilines is 3. The number of benzene rings is 7. The van der Waals surface area contributed by atoms with Gasteiger partial charge in [0, 0.05) is 62.4 Å². The molecule has 0 spiro atoms. The lowest BCUT2D eigenvalue weighted by molar-refractivity contribution is 1.07. The first-order chi connectivity index (χ1) is 27.8. The topological polar surface area (TPSA) is 59.7 Å². The molecule has 0 fully saturated rings. The Balaban J connectivity index is 1.21. The van der Waals surface area contributed by atoms with E-state index in [9.17, 15) is 0 Å². The van der Waals surface area contributed by atoms with Crippen LogP contribution in [0.15, 0.2) is 194 Å². The Morgan fingerprint density at radius 1 is 0.393 bits per heavy atom. The van der Waals surface area contributed by atoms with E-state index in [1.54, 1.807) is 0 Å². The molecule has 0 saturated carbocycles. The maximum absolute atomic E-state index is 5.08. The molecule has 0 bridgehead atoms. The number of nitrogens with zero attached hydrogens (tertiary/aromatic N) is 6. The number of para-hydroxylation sites is 2. The quantitative estimate of drug-likeness (QED) is 0.177. The lowest BCUT2D eigenvalue weighted by atomic mass is 9.94. The van der Waals surface area contributed by atoms with E-state index in [1.165, 1.54) is 16.7 Å². The number of rotatable bonds is 5. The maximum atomic E-state index is 5.08. The van der Waals surface area contributed by atoms with E-state index in [1.807, 2.05) is 73.1 Å². The third-order valence-corrected chi connectivity index (χ3v) is 10.7. The van der Waals surface area contributed by atoms with Crippen LogP contribution in [0.5, 0.6) is 0 Å². The third-order valence-electron chi connectivity index (χ3n) is 10.7. The van der Waals surface area contributed by atoms with E-state index in [2.05, 4.69) is 136 Å². The molecule has 0 amide bonds. The second-order valence-electron chi connectivity index (χ2n) is 13.9. The van der Waals surface area contributed by atoms with Crippen molar-refractivity contribution in [1.82, 2.24) is 24.5 Å². The summed E-state index contributed by atoms with van der Waals surface area (Å²) in [6, 6.07) is 63.6. The first-order valence-corrected chi connectivity index (χ1v) is 18.7. The largest absolute Gasteiger partial charge is 0.307 e. The van der Waals surface area contributed by atoms with Crippen molar-refractivity contribution in [3.63, 3.8) is 0 Å². The predicted molar refractivity (Wildman–Crippen MR) is 227 cm³/mol. The normalized spacial score (nSPS) is 11.9. The predicted octanol–water partition coefficient (Wildman–Crippen LogP) is 12.5. The fourth-order valence-corrected chi connectivity index (χ4v) is 8.18. The van der Waals surface area contributed by atoms with Crippen molar-refractivity contribution in [3.8, 4) is 62.1 Å².